The quantitative estimate of drug-likeness (QED) is 0.916. The number of imidazole rings is 1. The van der Waals surface area contributed by atoms with Gasteiger partial charge >= 0.3 is 0 Å². The highest BCUT2D eigenvalue weighted by molar-refractivity contribution is 5.85. The van der Waals surface area contributed by atoms with Crippen LogP contribution >= 0.6 is 24.8 Å². The van der Waals surface area contributed by atoms with E-state index in [0.717, 1.165) is 16.9 Å². The Morgan fingerprint density at radius 2 is 1.76 bits per heavy atom. The van der Waals surface area contributed by atoms with E-state index < -0.39 is 0 Å². The Morgan fingerprint density at radius 1 is 1.18 bits per heavy atom. The summed E-state index contributed by atoms with van der Waals surface area (Å²) in [7, 11) is 2.02. The number of hydrogen-bond donors (Lipinski definition) is 1. The predicted octanol–water partition coefficient (Wildman–Crippen LogP) is 3.07. The molecule has 0 aliphatic heterocycles. The average Bonchev–Trinajstić information content (AvgIpc) is 2.56. The number of nitrogens with zero attached hydrogens (tertiary/aromatic N) is 2. The Labute approximate surface area is 114 Å². The van der Waals surface area contributed by atoms with Crippen LogP contribution < -0.4 is 5.73 Å². The van der Waals surface area contributed by atoms with Crippen molar-refractivity contribution in [3.63, 3.8) is 0 Å². The van der Waals surface area contributed by atoms with Crippen molar-refractivity contribution in [3.05, 3.63) is 30.1 Å². The van der Waals surface area contributed by atoms with E-state index in [1.165, 1.54) is 0 Å². The van der Waals surface area contributed by atoms with Crippen molar-refractivity contribution < 1.29 is 0 Å². The molecule has 5 heteroatoms. The van der Waals surface area contributed by atoms with Crippen molar-refractivity contribution in [2.75, 3.05) is 0 Å². The zero-order valence-electron chi connectivity index (χ0n) is 10.3. The topological polar surface area (TPSA) is 43.8 Å². The van der Waals surface area contributed by atoms with E-state index in [1.54, 1.807) is 0 Å². The van der Waals surface area contributed by atoms with Crippen LogP contribution in [-0.4, -0.2) is 9.55 Å². The fourth-order valence-electron chi connectivity index (χ4n) is 1.76. The first-order chi connectivity index (χ1) is 7.11. The Hall–Kier alpha value is -0.770. The molecule has 0 radical (unpaired) electrons. The molecule has 0 fully saturated rings. The molecule has 2 rings (SSSR count). The van der Waals surface area contributed by atoms with Crippen LogP contribution in [0.1, 0.15) is 25.7 Å². The maximum absolute atomic E-state index is 6.12. The Balaban J connectivity index is 0.00000128. The predicted molar refractivity (Wildman–Crippen MR) is 77.0 cm³/mol. The van der Waals surface area contributed by atoms with Crippen LogP contribution in [0.3, 0.4) is 0 Å². The van der Waals surface area contributed by atoms with Crippen molar-refractivity contribution in [3.8, 4) is 0 Å². The molecule has 1 atom stereocenters. The highest BCUT2D eigenvalue weighted by Gasteiger charge is 2.17. The first kappa shape index (κ1) is 16.2. The third kappa shape index (κ3) is 2.92. The van der Waals surface area contributed by atoms with Gasteiger partial charge in [0.25, 0.3) is 0 Å². The van der Waals surface area contributed by atoms with Gasteiger partial charge in [0.1, 0.15) is 5.82 Å². The Morgan fingerprint density at radius 3 is 2.29 bits per heavy atom. The highest BCUT2D eigenvalue weighted by atomic mass is 35.5. The first-order valence-electron chi connectivity index (χ1n) is 5.28. The summed E-state index contributed by atoms with van der Waals surface area (Å²) in [6.45, 7) is 4.23. The maximum atomic E-state index is 6.12. The third-order valence-corrected chi connectivity index (χ3v) is 2.84. The summed E-state index contributed by atoms with van der Waals surface area (Å²) < 4.78 is 2.08. The number of halogens is 2. The first-order valence-corrected chi connectivity index (χ1v) is 5.28. The normalized spacial score (nSPS) is 12.1. The molecule has 0 spiro atoms. The fourth-order valence-corrected chi connectivity index (χ4v) is 1.76. The second-order valence-electron chi connectivity index (χ2n) is 4.29. The van der Waals surface area contributed by atoms with E-state index in [0.29, 0.717) is 5.92 Å². The number of aryl methyl sites for hydroxylation is 1. The number of aromatic nitrogens is 2. The van der Waals surface area contributed by atoms with Crippen molar-refractivity contribution in [1.82, 2.24) is 9.55 Å². The van der Waals surface area contributed by atoms with Gasteiger partial charge in [0.2, 0.25) is 0 Å². The molecule has 0 saturated carbocycles. The summed E-state index contributed by atoms with van der Waals surface area (Å²) in [5, 5.41) is 0. The van der Waals surface area contributed by atoms with Crippen LogP contribution in [0.5, 0.6) is 0 Å². The van der Waals surface area contributed by atoms with Crippen LogP contribution in [0.15, 0.2) is 24.3 Å². The van der Waals surface area contributed by atoms with Crippen molar-refractivity contribution >= 4 is 35.8 Å². The van der Waals surface area contributed by atoms with Gasteiger partial charge in [-0.2, -0.15) is 0 Å². The summed E-state index contributed by atoms with van der Waals surface area (Å²) in [6.07, 6.45) is 0. The number of rotatable bonds is 2. The van der Waals surface area contributed by atoms with Gasteiger partial charge in [0.15, 0.2) is 0 Å². The molecule has 0 aliphatic carbocycles. The molecular weight excluding hydrogens is 257 g/mol. The number of hydrogen-bond acceptors (Lipinski definition) is 2. The standard InChI is InChI=1S/C12H17N3.2ClH/c1-8(2)11(13)12-14-9-6-4-5-7-10(9)15(12)3;;/h4-8,11H,13H2,1-3H3;2*1H. The van der Waals surface area contributed by atoms with Gasteiger partial charge < -0.3 is 10.3 Å². The van der Waals surface area contributed by atoms with Crippen LogP contribution in [0, 0.1) is 5.92 Å². The molecule has 0 saturated heterocycles. The Kier molecular flexibility index (Phi) is 5.96. The van der Waals surface area contributed by atoms with Crippen LogP contribution in [-0.2, 0) is 7.05 Å². The molecule has 17 heavy (non-hydrogen) atoms. The molecule has 96 valence electrons. The molecule has 1 aromatic heterocycles. The van der Waals surface area contributed by atoms with Gasteiger partial charge in [-0.1, -0.05) is 26.0 Å². The summed E-state index contributed by atoms with van der Waals surface area (Å²) in [4.78, 5) is 4.57. The fraction of sp³-hybridized carbons (Fsp3) is 0.417. The van der Waals surface area contributed by atoms with Gasteiger partial charge in [-0.15, -0.1) is 24.8 Å². The second-order valence-corrected chi connectivity index (χ2v) is 4.29. The highest BCUT2D eigenvalue weighted by Crippen LogP contribution is 2.22. The molecule has 1 unspecified atom stereocenters. The van der Waals surface area contributed by atoms with E-state index in [4.69, 9.17) is 5.73 Å². The number of benzene rings is 1. The number of fused-ring (bicyclic) bond motifs is 1. The zero-order valence-corrected chi connectivity index (χ0v) is 11.9. The minimum absolute atomic E-state index is 0. The minimum Gasteiger partial charge on any atom is -0.330 e. The van der Waals surface area contributed by atoms with Crippen molar-refractivity contribution in [2.45, 2.75) is 19.9 Å². The molecule has 0 aliphatic rings. The number of nitrogens with two attached hydrogens (primary N) is 1. The van der Waals surface area contributed by atoms with E-state index in [9.17, 15) is 0 Å². The third-order valence-electron chi connectivity index (χ3n) is 2.84. The van der Waals surface area contributed by atoms with Crippen molar-refractivity contribution in [2.24, 2.45) is 18.7 Å². The van der Waals surface area contributed by atoms with Gasteiger partial charge in [0.05, 0.1) is 17.1 Å². The van der Waals surface area contributed by atoms with Gasteiger partial charge in [-0.05, 0) is 18.1 Å². The average molecular weight is 276 g/mol. The zero-order chi connectivity index (χ0) is 11.0. The summed E-state index contributed by atoms with van der Waals surface area (Å²) in [6, 6.07) is 8.11. The lowest BCUT2D eigenvalue weighted by atomic mass is 10.1. The van der Waals surface area contributed by atoms with Crippen LogP contribution in [0.25, 0.3) is 11.0 Å². The molecule has 3 nitrogen and oxygen atoms in total. The van der Waals surface area contributed by atoms with Gasteiger partial charge in [0, 0.05) is 7.05 Å². The molecule has 1 heterocycles. The molecule has 2 aromatic rings. The molecule has 1 aromatic carbocycles. The van der Waals surface area contributed by atoms with E-state index in [2.05, 4.69) is 29.5 Å². The second kappa shape index (κ2) is 6.24. The minimum atomic E-state index is 0. The molecule has 0 bridgehead atoms. The lowest BCUT2D eigenvalue weighted by Crippen LogP contribution is -2.20. The largest absolute Gasteiger partial charge is 0.330 e. The number of para-hydroxylation sites is 2. The molecule has 2 N–H and O–H groups in total. The van der Waals surface area contributed by atoms with E-state index in [1.807, 2.05) is 25.2 Å². The smallest absolute Gasteiger partial charge is 0.126 e. The molecule has 0 amide bonds. The van der Waals surface area contributed by atoms with Crippen LogP contribution in [0.2, 0.25) is 0 Å². The lowest BCUT2D eigenvalue weighted by molar-refractivity contribution is 0.480. The molecular formula is C12H19Cl2N3. The summed E-state index contributed by atoms with van der Waals surface area (Å²) >= 11 is 0. The Bertz CT molecular complexity index is 480. The van der Waals surface area contributed by atoms with Crippen molar-refractivity contribution in [1.29, 1.82) is 0 Å². The van der Waals surface area contributed by atoms with Gasteiger partial charge in [-0.25, -0.2) is 4.98 Å². The monoisotopic (exact) mass is 275 g/mol. The van der Waals surface area contributed by atoms with Gasteiger partial charge in [-0.3, -0.25) is 0 Å². The summed E-state index contributed by atoms with van der Waals surface area (Å²) in [5.41, 5.74) is 8.28. The van der Waals surface area contributed by atoms with E-state index in [-0.39, 0.29) is 30.9 Å². The SMILES string of the molecule is CC(C)C(N)c1nc2ccccc2n1C.Cl.Cl. The van der Waals surface area contributed by atoms with E-state index >= 15 is 0 Å². The maximum Gasteiger partial charge on any atom is 0.126 e. The summed E-state index contributed by atoms with van der Waals surface area (Å²) in [5.74, 6) is 1.37. The van der Waals surface area contributed by atoms with Crippen LogP contribution in [0.4, 0.5) is 0 Å². The lowest BCUT2D eigenvalue weighted by Gasteiger charge is -2.14.